The van der Waals surface area contributed by atoms with Gasteiger partial charge in [-0.3, -0.25) is 4.79 Å². The van der Waals surface area contributed by atoms with Gasteiger partial charge in [0.05, 0.1) is 34.5 Å². The van der Waals surface area contributed by atoms with Crippen LogP contribution in [-0.2, 0) is 12.8 Å². The topological polar surface area (TPSA) is 47.6 Å². The highest BCUT2D eigenvalue weighted by Gasteiger charge is 2.30. The van der Waals surface area contributed by atoms with Crippen molar-refractivity contribution in [1.29, 1.82) is 0 Å². The van der Waals surface area contributed by atoms with Crippen LogP contribution < -0.4 is 14.8 Å². The highest BCUT2D eigenvalue weighted by Crippen LogP contribution is 2.41. The van der Waals surface area contributed by atoms with E-state index < -0.39 is 0 Å². The van der Waals surface area contributed by atoms with Crippen molar-refractivity contribution in [2.24, 2.45) is 0 Å². The number of carbonyl (C=O) groups excluding carboxylic acids is 1. The van der Waals surface area contributed by atoms with Crippen molar-refractivity contribution in [1.82, 2.24) is 0 Å². The number of carbonyl (C=O) groups is 1. The van der Waals surface area contributed by atoms with E-state index in [2.05, 4.69) is 5.32 Å². The molecule has 0 saturated heterocycles. The molecule has 4 rings (SSSR count). The molecule has 23 heavy (non-hydrogen) atoms. The van der Waals surface area contributed by atoms with E-state index in [9.17, 15) is 4.79 Å². The quantitative estimate of drug-likeness (QED) is 0.887. The van der Waals surface area contributed by atoms with Crippen molar-refractivity contribution in [2.45, 2.75) is 12.8 Å². The number of benzene rings is 2. The molecule has 2 aromatic carbocycles. The minimum absolute atomic E-state index is 0.277. The molecule has 0 fully saturated rings. The SMILES string of the molecule is O=C(Nc1c(Cl)cccc1Cl)c1c2c(cc3c1OCC3)OCC2. The van der Waals surface area contributed by atoms with Crippen molar-refractivity contribution in [3.05, 3.63) is 51.0 Å². The largest absolute Gasteiger partial charge is 0.493 e. The number of nitrogens with one attached hydrogen (secondary N) is 1. The Kier molecular flexibility index (Phi) is 3.58. The van der Waals surface area contributed by atoms with E-state index in [0.717, 1.165) is 23.3 Å². The molecular weight excluding hydrogens is 337 g/mol. The minimum Gasteiger partial charge on any atom is -0.493 e. The second-order valence-electron chi connectivity index (χ2n) is 5.46. The molecule has 6 heteroatoms. The van der Waals surface area contributed by atoms with Gasteiger partial charge in [-0.25, -0.2) is 0 Å². The monoisotopic (exact) mass is 349 g/mol. The summed E-state index contributed by atoms with van der Waals surface area (Å²) in [5.41, 5.74) is 2.82. The van der Waals surface area contributed by atoms with Gasteiger partial charge in [0.2, 0.25) is 0 Å². The Hall–Kier alpha value is -1.91. The predicted molar refractivity (Wildman–Crippen MR) is 89.3 cm³/mol. The van der Waals surface area contributed by atoms with Gasteiger partial charge in [-0.15, -0.1) is 0 Å². The van der Waals surface area contributed by atoms with E-state index >= 15 is 0 Å². The summed E-state index contributed by atoms with van der Waals surface area (Å²) in [6.45, 7) is 1.15. The second kappa shape index (κ2) is 5.62. The Labute approximate surface area is 143 Å². The number of halogens is 2. The van der Waals surface area contributed by atoms with E-state index in [-0.39, 0.29) is 5.91 Å². The third-order valence-corrected chi connectivity index (χ3v) is 4.71. The molecule has 0 spiro atoms. The fraction of sp³-hybridized carbons (Fsp3) is 0.235. The summed E-state index contributed by atoms with van der Waals surface area (Å²) in [5, 5.41) is 3.61. The van der Waals surface area contributed by atoms with Crippen LogP contribution >= 0.6 is 23.2 Å². The molecule has 0 unspecified atom stereocenters. The summed E-state index contributed by atoms with van der Waals surface area (Å²) in [4.78, 5) is 12.9. The van der Waals surface area contributed by atoms with Crippen molar-refractivity contribution < 1.29 is 14.3 Å². The van der Waals surface area contributed by atoms with Crippen LogP contribution in [0.5, 0.6) is 11.5 Å². The van der Waals surface area contributed by atoms with Gasteiger partial charge in [-0.05, 0) is 18.2 Å². The molecule has 0 saturated carbocycles. The van der Waals surface area contributed by atoms with Crippen molar-refractivity contribution in [3.8, 4) is 11.5 Å². The van der Waals surface area contributed by atoms with E-state index in [1.807, 2.05) is 6.07 Å². The Balaban J connectivity index is 1.78. The molecule has 0 aliphatic carbocycles. The number of hydrogen-bond acceptors (Lipinski definition) is 3. The van der Waals surface area contributed by atoms with Gasteiger partial charge >= 0.3 is 0 Å². The van der Waals surface area contributed by atoms with Crippen LogP contribution in [0.1, 0.15) is 21.5 Å². The Morgan fingerprint density at radius 2 is 1.83 bits per heavy atom. The van der Waals surface area contributed by atoms with Crippen LogP contribution in [0.15, 0.2) is 24.3 Å². The number of para-hydroxylation sites is 1. The number of ether oxygens (including phenoxy) is 2. The number of anilines is 1. The highest BCUT2D eigenvalue weighted by atomic mass is 35.5. The van der Waals surface area contributed by atoms with E-state index in [1.165, 1.54) is 0 Å². The summed E-state index contributed by atoms with van der Waals surface area (Å²) in [7, 11) is 0. The molecule has 1 amide bonds. The summed E-state index contributed by atoms with van der Waals surface area (Å²) < 4.78 is 11.3. The number of rotatable bonds is 2. The van der Waals surface area contributed by atoms with Crippen LogP contribution in [0.2, 0.25) is 10.0 Å². The first-order valence-corrected chi connectivity index (χ1v) is 8.10. The lowest BCUT2D eigenvalue weighted by molar-refractivity contribution is 0.102. The average Bonchev–Trinajstić information content (AvgIpc) is 3.16. The average molecular weight is 350 g/mol. The van der Waals surface area contributed by atoms with Gasteiger partial charge in [-0.2, -0.15) is 0 Å². The Bertz CT molecular complexity index is 767. The maximum Gasteiger partial charge on any atom is 0.259 e. The maximum atomic E-state index is 12.9. The molecular formula is C17H13Cl2NO3. The molecule has 2 aromatic rings. The van der Waals surface area contributed by atoms with Crippen LogP contribution in [0, 0.1) is 0 Å². The normalized spacial score (nSPS) is 14.7. The zero-order valence-electron chi connectivity index (χ0n) is 12.1. The van der Waals surface area contributed by atoms with Gasteiger partial charge in [0.1, 0.15) is 11.5 Å². The maximum absolute atomic E-state index is 12.9. The van der Waals surface area contributed by atoms with E-state index in [1.54, 1.807) is 18.2 Å². The predicted octanol–water partition coefficient (Wildman–Crippen LogP) is 4.12. The fourth-order valence-electron chi connectivity index (χ4n) is 3.02. The molecule has 1 N–H and O–H groups in total. The first-order chi connectivity index (χ1) is 11.1. The molecule has 0 atom stereocenters. The second-order valence-corrected chi connectivity index (χ2v) is 6.28. The van der Waals surface area contributed by atoms with Gasteiger partial charge in [0.15, 0.2) is 0 Å². The molecule has 2 aliphatic heterocycles. The van der Waals surface area contributed by atoms with E-state index in [4.69, 9.17) is 32.7 Å². The first kappa shape index (κ1) is 14.7. The summed E-state index contributed by atoms with van der Waals surface area (Å²) in [5.74, 6) is 1.14. The van der Waals surface area contributed by atoms with Gasteiger partial charge in [0, 0.05) is 24.0 Å². The molecule has 0 bridgehead atoms. The summed E-state index contributed by atoms with van der Waals surface area (Å²) in [6, 6.07) is 7.07. The molecule has 118 valence electrons. The van der Waals surface area contributed by atoms with E-state index in [0.29, 0.717) is 46.7 Å². The van der Waals surface area contributed by atoms with Crippen molar-refractivity contribution in [3.63, 3.8) is 0 Å². The van der Waals surface area contributed by atoms with Crippen LogP contribution in [-0.4, -0.2) is 19.1 Å². The smallest absolute Gasteiger partial charge is 0.259 e. The number of fused-ring (bicyclic) bond motifs is 2. The van der Waals surface area contributed by atoms with Crippen LogP contribution in [0.25, 0.3) is 0 Å². The Morgan fingerprint density at radius 3 is 2.61 bits per heavy atom. The lowest BCUT2D eigenvalue weighted by Crippen LogP contribution is -2.16. The standard InChI is InChI=1S/C17H13Cl2NO3/c18-11-2-1-3-12(19)15(11)20-17(21)14-10-5-7-22-13(10)8-9-4-6-23-16(9)14/h1-3,8H,4-7H2,(H,20,21). The van der Waals surface area contributed by atoms with Crippen molar-refractivity contribution in [2.75, 3.05) is 18.5 Å². The van der Waals surface area contributed by atoms with Gasteiger partial charge in [-0.1, -0.05) is 29.3 Å². The van der Waals surface area contributed by atoms with Crippen LogP contribution in [0.3, 0.4) is 0 Å². The zero-order chi connectivity index (χ0) is 16.0. The summed E-state index contributed by atoms with van der Waals surface area (Å²) >= 11 is 12.3. The molecule has 0 radical (unpaired) electrons. The van der Waals surface area contributed by atoms with Gasteiger partial charge in [0.25, 0.3) is 5.91 Å². The highest BCUT2D eigenvalue weighted by molar-refractivity contribution is 6.40. The van der Waals surface area contributed by atoms with Crippen LogP contribution in [0.4, 0.5) is 5.69 Å². The first-order valence-electron chi connectivity index (χ1n) is 7.35. The minimum atomic E-state index is -0.277. The molecule has 4 nitrogen and oxygen atoms in total. The number of hydrogen-bond donors (Lipinski definition) is 1. The molecule has 2 heterocycles. The third-order valence-electron chi connectivity index (χ3n) is 4.08. The molecule has 0 aromatic heterocycles. The zero-order valence-corrected chi connectivity index (χ0v) is 13.6. The Morgan fingerprint density at radius 1 is 1.09 bits per heavy atom. The molecule has 2 aliphatic rings. The fourth-order valence-corrected chi connectivity index (χ4v) is 3.51. The lowest BCUT2D eigenvalue weighted by atomic mass is 9.99. The number of amides is 1. The lowest BCUT2D eigenvalue weighted by Gasteiger charge is -2.14. The van der Waals surface area contributed by atoms with Gasteiger partial charge < -0.3 is 14.8 Å². The summed E-state index contributed by atoms with van der Waals surface area (Å²) in [6.07, 6.45) is 1.46. The third kappa shape index (κ3) is 2.42. The van der Waals surface area contributed by atoms with Crippen molar-refractivity contribution >= 4 is 34.8 Å².